The van der Waals surface area contributed by atoms with Crippen LogP contribution >= 0.6 is 15.9 Å². The second-order valence-electron chi connectivity index (χ2n) is 3.79. The van der Waals surface area contributed by atoms with Gasteiger partial charge in [-0.1, -0.05) is 0 Å². The molecule has 5 nitrogen and oxygen atoms in total. The molecule has 0 unspecified atom stereocenters. The van der Waals surface area contributed by atoms with Gasteiger partial charge in [0.2, 0.25) is 0 Å². The van der Waals surface area contributed by atoms with Crippen molar-refractivity contribution >= 4 is 32.8 Å². The number of nitrogens with two attached hydrogens (primary N) is 1. The van der Waals surface area contributed by atoms with Gasteiger partial charge in [-0.15, -0.1) is 0 Å². The van der Waals surface area contributed by atoms with Crippen LogP contribution in [0.5, 0.6) is 0 Å². The van der Waals surface area contributed by atoms with Crippen molar-refractivity contribution in [3.8, 4) is 0 Å². The van der Waals surface area contributed by atoms with E-state index < -0.39 is 12.0 Å². The Kier molecular flexibility index (Phi) is 3.88. The highest BCUT2D eigenvalue weighted by Gasteiger charge is 2.17. The van der Waals surface area contributed by atoms with Crippen molar-refractivity contribution in [2.24, 2.45) is 5.73 Å². The van der Waals surface area contributed by atoms with Crippen LogP contribution in [0.15, 0.2) is 29.0 Å². The molecule has 18 heavy (non-hydrogen) atoms. The number of halogens is 1. The Balaban J connectivity index is 2.40. The molecule has 2 N–H and O–H groups in total. The molecule has 0 radical (unpaired) electrons. The molecule has 2 aromatic heterocycles. The van der Waals surface area contributed by atoms with Crippen LogP contribution in [0.25, 0.3) is 10.9 Å². The number of fused-ring (bicyclic) bond motifs is 1. The van der Waals surface area contributed by atoms with Crippen molar-refractivity contribution < 1.29 is 9.53 Å². The number of carbonyl (C=O) groups is 1. The van der Waals surface area contributed by atoms with Gasteiger partial charge >= 0.3 is 5.97 Å². The summed E-state index contributed by atoms with van der Waals surface area (Å²) in [4.78, 5) is 19.9. The van der Waals surface area contributed by atoms with Crippen molar-refractivity contribution in [1.82, 2.24) is 9.97 Å². The second kappa shape index (κ2) is 5.41. The summed E-state index contributed by atoms with van der Waals surface area (Å²) in [6.07, 6.45) is 3.69. The average Bonchev–Trinajstić information content (AvgIpc) is 2.41. The summed E-state index contributed by atoms with van der Waals surface area (Å²) < 4.78 is 5.42. The molecular formula is C12H12BrN3O2. The van der Waals surface area contributed by atoms with Gasteiger partial charge < -0.3 is 10.5 Å². The molecule has 94 valence electrons. The zero-order valence-electron chi connectivity index (χ0n) is 9.76. The predicted octanol–water partition coefficient (Wildman–Crippen LogP) is 1.44. The number of aromatic nitrogens is 2. The van der Waals surface area contributed by atoms with E-state index in [1.807, 2.05) is 12.1 Å². The molecule has 0 aliphatic carbocycles. The van der Waals surface area contributed by atoms with E-state index in [9.17, 15) is 4.79 Å². The number of pyridine rings is 2. The number of ether oxygens (including phenoxy) is 1. The molecule has 0 amide bonds. The number of carbonyl (C=O) groups excluding carboxylic acids is 1. The van der Waals surface area contributed by atoms with Gasteiger partial charge in [-0.2, -0.15) is 0 Å². The summed E-state index contributed by atoms with van der Waals surface area (Å²) in [5.41, 5.74) is 7.28. The topological polar surface area (TPSA) is 78.1 Å². The van der Waals surface area contributed by atoms with Crippen LogP contribution in [0.4, 0.5) is 0 Å². The maximum Gasteiger partial charge on any atom is 0.323 e. The van der Waals surface area contributed by atoms with E-state index in [-0.39, 0.29) is 0 Å². The van der Waals surface area contributed by atoms with Crippen LogP contribution in [-0.2, 0) is 16.0 Å². The van der Waals surface area contributed by atoms with Gasteiger partial charge in [0.25, 0.3) is 0 Å². The molecule has 2 rings (SSSR count). The maximum absolute atomic E-state index is 11.3. The lowest BCUT2D eigenvalue weighted by atomic mass is 10.1. The van der Waals surface area contributed by atoms with E-state index in [1.165, 1.54) is 7.11 Å². The highest BCUT2D eigenvalue weighted by molar-refractivity contribution is 9.10. The highest BCUT2D eigenvalue weighted by Crippen LogP contribution is 2.23. The fourth-order valence-electron chi connectivity index (χ4n) is 1.70. The Labute approximate surface area is 112 Å². The number of nitrogens with zero attached hydrogens (tertiary/aromatic N) is 2. The molecule has 1 atom stereocenters. The first-order valence-corrected chi connectivity index (χ1v) is 6.14. The van der Waals surface area contributed by atoms with Crippen molar-refractivity contribution in [2.75, 3.05) is 7.11 Å². The van der Waals surface area contributed by atoms with Gasteiger partial charge in [0.1, 0.15) is 6.04 Å². The second-order valence-corrected chi connectivity index (χ2v) is 4.64. The Hall–Kier alpha value is -1.53. The summed E-state index contributed by atoms with van der Waals surface area (Å²) >= 11 is 3.39. The SMILES string of the molecule is COC(=O)[C@@H](N)Cc1ncc(Br)c2ncccc12. The summed E-state index contributed by atoms with van der Waals surface area (Å²) in [5.74, 6) is -0.447. The fraction of sp³-hybridized carbons (Fsp3) is 0.250. The molecule has 2 heterocycles. The third-order valence-electron chi connectivity index (χ3n) is 2.60. The number of methoxy groups -OCH3 is 1. The first kappa shape index (κ1) is 12.9. The Morgan fingerprint density at radius 3 is 3.06 bits per heavy atom. The molecule has 0 aliphatic rings. The van der Waals surface area contributed by atoms with E-state index in [1.54, 1.807) is 12.4 Å². The summed E-state index contributed by atoms with van der Waals surface area (Å²) in [6.45, 7) is 0. The maximum atomic E-state index is 11.3. The van der Waals surface area contributed by atoms with Crippen LogP contribution in [0, 0.1) is 0 Å². The summed E-state index contributed by atoms with van der Waals surface area (Å²) in [5, 5.41) is 0.881. The molecule has 6 heteroatoms. The molecule has 0 aromatic carbocycles. The van der Waals surface area contributed by atoms with Crippen LogP contribution in [0.3, 0.4) is 0 Å². The van der Waals surface area contributed by atoms with Crippen molar-refractivity contribution in [1.29, 1.82) is 0 Å². The quantitative estimate of drug-likeness (QED) is 0.868. The van der Waals surface area contributed by atoms with Crippen molar-refractivity contribution in [2.45, 2.75) is 12.5 Å². The van der Waals surface area contributed by atoms with Crippen molar-refractivity contribution in [3.63, 3.8) is 0 Å². The summed E-state index contributed by atoms with van der Waals surface area (Å²) in [6, 6.07) is 3.01. The van der Waals surface area contributed by atoms with Gasteiger partial charge in [0, 0.05) is 24.2 Å². The highest BCUT2D eigenvalue weighted by atomic mass is 79.9. The van der Waals surface area contributed by atoms with Gasteiger partial charge in [-0.25, -0.2) is 0 Å². The molecular weight excluding hydrogens is 298 g/mol. The largest absolute Gasteiger partial charge is 0.468 e. The number of esters is 1. The molecule has 0 bridgehead atoms. The predicted molar refractivity (Wildman–Crippen MR) is 70.9 cm³/mol. The third-order valence-corrected chi connectivity index (χ3v) is 3.18. The third kappa shape index (κ3) is 2.49. The van der Waals surface area contributed by atoms with E-state index in [4.69, 9.17) is 5.73 Å². The van der Waals surface area contributed by atoms with Crippen LogP contribution < -0.4 is 5.73 Å². The lowest BCUT2D eigenvalue weighted by Crippen LogP contribution is -2.34. The zero-order valence-corrected chi connectivity index (χ0v) is 11.3. The lowest BCUT2D eigenvalue weighted by Gasteiger charge is -2.10. The van der Waals surface area contributed by atoms with Crippen molar-refractivity contribution in [3.05, 3.63) is 34.7 Å². The van der Waals surface area contributed by atoms with Gasteiger partial charge in [-0.05, 0) is 28.1 Å². The fourth-order valence-corrected chi connectivity index (χ4v) is 2.12. The van der Waals surface area contributed by atoms with E-state index in [0.717, 1.165) is 21.1 Å². The van der Waals surface area contributed by atoms with Gasteiger partial charge in [-0.3, -0.25) is 14.8 Å². The first-order valence-electron chi connectivity index (χ1n) is 5.35. The zero-order chi connectivity index (χ0) is 13.1. The normalized spacial score (nSPS) is 12.4. The molecule has 2 aromatic rings. The van der Waals surface area contributed by atoms with Crippen LogP contribution in [0.2, 0.25) is 0 Å². The molecule has 0 spiro atoms. The minimum Gasteiger partial charge on any atom is -0.468 e. The van der Waals surface area contributed by atoms with E-state index in [2.05, 4.69) is 30.6 Å². The van der Waals surface area contributed by atoms with Crippen LogP contribution in [-0.4, -0.2) is 29.1 Å². The molecule has 0 saturated carbocycles. The van der Waals surface area contributed by atoms with Crippen LogP contribution in [0.1, 0.15) is 5.69 Å². The molecule has 0 fully saturated rings. The monoisotopic (exact) mass is 309 g/mol. The van der Waals surface area contributed by atoms with Gasteiger partial charge in [0.05, 0.1) is 22.8 Å². The summed E-state index contributed by atoms with van der Waals surface area (Å²) in [7, 11) is 1.32. The Bertz CT molecular complexity index is 589. The minimum absolute atomic E-state index is 0.322. The standard InChI is InChI=1S/C12H12BrN3O2/c1-18-12(17)9(14)5-10-7-3-2-4-15-11(7)8(13)6-16-10/h2-4,6,9H,5,14H2,1H3/t9-/m0/s1. The minimum atomic E-state index is -0.716. The first-order chi connectivity index (χ1) is 8.63. The number of rotatable bonds is 3. The Morgan fingerprint density at radius 1 is 1.56 bits per heavy atom. The lowest BCUT2D eigenvalue weighted by molar-refractivity contribution is -0.142. The Morgan fingerprint density at radius 2 is 2.33 bits per heavy atom. The molecule has 0 saturated heterocycles. The smallest absolute Gasteiger partial charge is 0.323 e. The number of hydrogen-bond acceptors (Lipinski definition) is 5. The van der Waals surface area contributed by atoms with E-state index in [0.29, 0.717) is 6.42 Å². The molecule has 0 aliphatic heterocycles. The van der Waals surface area contributed by atoms with E-state index >= 15 is 0 Å². The average molecular weight is 310 g/mol. The van der Waals surface area contributed by atoms with Gasteiger partial charge in [0.15, 0.2) is 0 Å². The number of hydrogen-bond donors (Lipinski definition) is 1.